The molecule has 0 bridgehead atoms. The molecule has 1 aromatic heterocycles. The van der Waals surface area contributed by atoms with Crippen molar-refractivity contribution in [3.8, 4) is 12.8 Å². The second-order valence-electron chi connectivity index (χ2n) is 12.5. The van der Waals surface area contributed by atoms with Gasteiger partial charge < -0.3 is 14.9 Å². The molecule has 2 aliphatic carbocycles. The smallest absolute Gasteiger partial charge is 0.249 e. The second-order valence-corrected chi connectivity index (χ2v) is 14.7. The van der Waals surface area contributed by atoms with Crippen molar-refractivity contribution < 1.29 is 14.7 Å². The maximum absolute atomic E-state index is 13.4. The van der Waals surface area contributed by atoms with E-state index in [2.05, 4.69) is 61.7 Å². The zero-order valence-electron chi connectivity index (χ0n) is 25.0. The minimum absolute atomic E-state index is 0.0676. The molecule has 6 rings (SSSR count). The largest absolute Gasteiger partial charge is 0.393 e. The molecule has 234 valence electrons. The lowest BCUT2D eigenvalue weighted by atomic mass is 9.76. The Morgan fingerprint density at radius 3 is 2.34 bits per heavy atom. The third-order valence-electron chi connectivity index (χ3n) is 9.77. The predicted octanol–water partition coefficient (Wildman–Crippen LogP) is 7.08. The maximum Gasteiger partial charge on any atom is 0.249 e. The molecule has 2 atom stereocenters. The van der Waals surface area contributed by atoms with E-state index in [1.165, 1.54) is 16.7 Å². The van der Waals surface area contributed by atoms with Crippen molar-refractivity contribution in [1.82, 2.24) is 14.8 Å². The molecule has 6 nitrogen and oxygen atoms in total. The number of nitrogens with zero attached hydrogens (tertiary/aromatic N) is 3. The van der Waals surface area contributed by atoms with Gasteiger partial charge in [0.2, 0.25) is 11.8 Å². The molecule has 2 aromatic rings. The zero-order chi connectivity index (χ0) is 31.4. The van der Waals surface area contributed by atoms with Gasteiger partial charge in [-0.25, -0.2) is 0 Å². The number of aromatic nitrogens is 1. The molecular formula is C35H40Br2ClN3O3. The molecule has 4 aliphatic rings. The molecule has 2 amide bonds. The number of pyridine rings is 1. The van der Waals surface area contributed by atoms with Gasteiger partial charge in [-0.1, -0.05) is 33.6 Å². The molecular weight excluding hydrogens is 706 g/mol. The standard InChI is InChI=1S/C33H38Br2ClN3O3.C2H2/c34-25-15-23-5-4-22-16-26(36)18-28(35)30(22)31(32(23)37-19-25)21-8-12-38(13-9-21)29(41)14-20-6-10-39(11-7-20)33(42)24-2-1-3-27(40)17-24;1-2/h2,15-16,18-21,27,31,40H,1,3-14,17H2;1-2H/t27-,31+;/m0./s1. The first-order chi connectivity index (χ1) is 21.3. The van der Waals surface area contributed by atoms with Crippen molar-refractivity contribution in [2.75, 3.05) is 26.2 Å². The number of hydrogen-bond donors (Lipinski definition) is 1. The Morgan fingerprint density at radius 2 is 1.64 bits per heavy atom. The van der Waals surface area contributed by atoms with Crippen molar-refractivity contribution in [1.29, 1.82) is 0 Å². The van der Waals surface area contributed by atoms with Gasteiger partial charge in [-0.05, 0) is 114 Å². The van der Waals surface area contributed by atoms with Crippen LogP contribution in [0, 0.1) is 24.7 Å². The molecule has 1 aromatic carbocycles. The highest BCUT2D eigenvalue weighted by Gasteiger charge is 2.37. The number of rotatable bonds is 4. The van der Waals surface area contributed by atoms with Crippen LogP contribution < -0.4 is 0 Å². The number of fused-ring (bicyclic) bond motifs is 2. The van der Waals surface area contributed by atoms with E-state index in [9.17, 15) is 14.7 Å². The lowest BCUT2D eigenvalue weighted by Gasteiger charge is -2.38. The Bertz CT molecular complexity index is 1430. The van der Waals surface area contributed by atoms with Gasteiger partial charge in [0, 0.05) is 70.7 Å². The summed E-state index contributed by atoms with van der Waals surface area (Å²) in [5.41, 5.74) is 5.78. The fraction of sp³-hybridized carbons (Fsp3) is 0.514. The Kier molecular flexibility index (Phi) is 11.3. The van der Waals surface area contributed by atoms with Crippen LogP contribution >= 0.6 is 43.5 Å². The Labute approximate surface area is 282 Å². The fourth-order valence-corrected chi connectivity index (χ4v) is 8.99. The number of aliphatic hydroxyl groups excluding tert-OH is 1. The Balaban J connectivity index is 0.00000188. The molecule has 3 heterocycles. The first-order valence-corrected chi connectivity index (χ1v) is 17.6. The van der Waals surface area contributed by atoms with E-state index in [4.69, 9.17) is 16.6 Å². The fourth-order valence-electron chi connectivity index (χ4n) is 7.50. The third-order valence-corrected chi connectivity index (χ3v) is 11.1. The highest BCUT2D eigenvalue weighted by atomic mass is 79.9. The van der Waals surface area contributed by atoms with Crippen LogP contribution in [0.25, 0.3) is 0 Å². The van der Waals surface area contributed by atoms with Crippen molar-refractivity contribution in [3.05, 3.63) is 72.4 Å². The number of benzene rings is 1. The molecule has 9 heteroatoms. The first-order valence-electron chi connectivity index (χ1n) is 15.7. The number of aryl methyl sites for hydroxylation is 2. The molecule has 0 radical (unpaired) electrons. The SMILES string of the molecule is C#C.O=C(CC1CCN(C(=O)C2=CCC[C@H](O)C2)CC1)N1CCC([C@H]2c3ncc(Br)cc3CCc3cc(Cl)cc(Br)c32)CC1. The summed E-state index contributed by atoms with van der Waals surface area (Å²) in [6.45, 7) is 2.91. The van der Waals surface area contributed by atoms with Crippen LogP contribution in [0.3, 0.4) is 0 Å². The minimum atomic E-state index is -0.404. The van der Waals surface area contributed by atoms with Gasteiger partial charge in [-0.3, -0.25) is 14.6 Å². The first kappa shape index (κ1) is 33.2. The number of amides is 2. The van der Waals surface area contributed by atoms with Crippen LogP contribution in [0.1, 0.15) is 79.7 Å². The number of carbonyl (C=O) groups excluding carboxylic acids is 2. The lowest BCUT2D eigenvalue weighted by Crippen LogP contribution is -2.43. The van der Waals surface area contributed by atoms with E-state index < -0.39 is 6.10 Å². The zero-order valence-corrected chi connectivity index (χ0v) is 28.9. The van der Waals surface area contributed by atoms with Crippen LogP contribution in [-0.4, -0.2) is 64.0 Å². The molecule has 44 heavy (non-hydrogen) atoms. The summed E-state index contributed by atoms with van der Waals surface area (Å²) in [5.74, 6) is 1.18. The van der Waals surface area contributed by atoms with E-state index in [-0.39, 0.29) is 17.7 Å². The van der Waals surface area contributed by atoms with Gasteiger partial charge >= 0.3 is 0 Å². The third kappa shape index (κ3) is 7.44. The number of likely N-dealkylation sites (tertiary alicyclic amines) is 2. The number of aliphatic hydroxyl groups is 1. The molecule has 2 saturated heterocycles. The maximum atomic E-state index is 13.4. The van der Waals surface area contributed by atoms with Crippen LogP contribution in [0.2, 0.25) is 5.02 Å². The van der Waals surface area contributed by atoms with Gasteiger partial charge in [0.15, 0.2) is 0 Å². The molecule has 0 unspecified atom stereocenters. The monoisotopic (exact) mass is 743 g/mol. The predicted molar refractivity (Wildman–Crippen MR) is 181 cm³/mol. The highest BCUT2D eigenvalue weighted by Crippen LogP contribution is 2.46. The normalized spacial score (nSPS) is 22.5. The average molecular weight is 746 g/mol. The topological polar surface area (TPSA) is 73.7 Å². The van der Waals surface area contributed by atoms with E-state index >= 15 is 0 Å². The van der Waals surface area contributed by atoms with Crippen LogP contribution in [0.5, 0.6) is 0 Å². The van der Waals surface area contributed by atoms with Crippen LogP contribution in [0.4, 0.5) is 0 Å². The van der Waals surface area contributed by atoms with Gasteiger partial charge in [0.25, 0.3) is 0 Å². The summed E-state index contributed by atoms with van der Waals surface area (Å²) in [7, 11) is 0. The molecule has 2 fully saturated rings. The number of hydrogen-bond acceptors (Lipinski definition) is 4. The van der Waals surface area contributed by atoms with E-state index in [0.29, 0.717) is 37.8 Å². The summed E-state index contributed by atoms with van der Waals surface area (Å²) < 4.78 is 2.05. The summed E-state index contributed by atoms with van der Waals surface area (Å²) in [5, 5.41) is 10.7. The summed E-state index contributed by atoms with van der Waals surface area (Å²) in [6, 6.07) is 6.33. The van der Waals surface area contributed by atoms with Crippen molar-refractivity contribution >= 4 is 55.3 Å². The van der Waals surface area contributed by atoms with Crippen LogP contribution in [0.15, 0.2) is 45.0 Å². The molecule has 0 spiro atoms. The van der Waals surface area contributed by atoms with Gasteiger partial charge in [0.05, 0.1) is 11.8 Å². The van der Waals surface area contributed by atoms with Crippen molar-refractivity contribution in [2.24, 2.45) is 11.8 Å². The number of terminal acetylenes is 1. The summed E-state index contributed by atoms with van der Waals surface area (Å²) in [6.07, 6.45) is 19.5. The van der Waals surface area contributed by atoms with E-state index in [0.717, 1.165) is 89.7 Å². The quantitative estimate of drug-likeness (QED) is 0.340. The number of carbonyl (C=O) groups is 2. The molecule has 0 saturated carbocycles. The second kappa shape index (κ2) is 14.9. The average Bonchev–Trinajstić information content (AvgIpc) is 3.19. The number of allylic oxidation sites excluding steroid dienone is 1. The van der Waals surface area contributed by atoms with Gasteiger partial charge in [-0.15, -0.1) is 12.8 Å². The van der Waals surface area contributed by atoms with Gasteiger partial charge in [-0.2, -0.15) is 0 Å². The van der Waals surface area contributed by atoms with Gasteiger partial charge in [0.1, 0.15) is 0 Å². The molecule has 2 aliphatic heterocycles. The highest BCUT2D eigenvalue weighted by molar-refractivity contribution is 9.10. The summed E-state index contributed by atoms with van der Waals surface area (Å²) in [4.78, 5) is 35.3. The van der Waals surface area contributed by atoms with E-state index in [1.54, 1.807) is 0 Å². The van der Waals surface area contributed by atoms with E-state index in [1.807, 2.05) is 23.2 Å². The Morgan fingerprint density at radius 1 is 0.955 bits per heavy atom. The number of halogens is 3. The van der Waals surface area contributed by atoms with Crippen molar-refractivity contribution in [3.63, 3.8) is 0 Å². The summed E-state index contributed by atoms with van der Waals surface area (Å²) >= 11 is 13.9. The number of piperidine rings is 2. The van der Waals surface area contributed by atoms with Crippen molar-refractivity contribution in [2.45, 2.75) is 76.2 Å². The van der Waals surface area contributed by atoms with Crippen LogP contribution in [-0.2, 0) is 22.4 Å². The molecule has 1 N–H and O–H groups in total. The lowest BCUT2D eigenvalue weighted by molar-refractivity contribution is -0.134. The minimum Gasteiger partial charge on any atom is -0.393 e. The Hall–Kier alpha value is -2.18.